The summed E-state index contributed by atoms with van der Waals surface area (Å²) in [6, 6.07) is 4.68. The second kappa shape index (κ2) is 6.59. The van der Waals surface area contributed by atoms with Crippen LogP contribution in [0, 0.1) is 0 Å². The van der Waals surface area contributed by atoms with Gasteiger partial charge in [-0.25, -0.2) is 0 Å². The first kappa shape index (κ1) is 13.1. The summed E-state index contributed by atoms with van der Waals surface area (Å²) in [6.07, 6.45) is 6.14. The van der Waals surface area contributed by atoms with Crippen molar-refractivity contribution in [3.05, 3.63) is 24.0 Å². The second-order valence-electron chi connectivity index (χ2n) is 4.96. The zero-order valence-electron chi connectivity index (χ0n) is 11.1. The first-order valence-electron chi connectivity index (χ1n) is 6.93. The van der Waals surface area contributed by atoms with Crippen LogP contribution in [-0.2, 0) is 17.9 Å². The summed E-state index contributed by atoms with van der Waals surface area (Å²) >= 11 is 0. The monoisotopic (exact) mass is 249 g/mol. The third kappa shape index (κ3) is 4.18. The number of hydrogen-bond acceptors (Lipinski definition) is 2. The maximum absolute atomic E-state index is 11.5. The molecule has 0 radical (unpaired) electrons. The molecule has 1 aliphatic carbocycles. The molecule has 18 heavy (non-hydrogen) atoms. The Kier molecular flexibility index (Phi) is 4.81. The van der Waals surface area contributed by atoms with Crippen LogP contribution in [0.25, 0.3) is 0 Å². The molecule has 0 bridgehead atoms. The summed E-state index contributed by atoms with van der Waals surface area (Å²) < 4.78 is 2.26. The molecular weight excluding hydrogens is 226 g/mol. The van der Waals surface area contributed by atoms with E-state index in [1.54, 1.807) is 0 Å². The zero-order valence-corrected chi connectivity index (χ0v) is 11.1. The Morgan fingerprint density at radius 2 is 2.33 bits per heavy atom. The molecule has 0 unspecified atom stereocenters. The molecule has 2 N–H and O–H groups in total. The molecule has 0 aromatic carbocycles. The summed E-state index contributed by atoms with van der Waals surface area (Å²) in [5.74, 6) is 0.175. The van der Waals surface area contributed by atoms with Gasteiger partial charge in [0.1, 0.15) is 0 Å². The first-order valence-corrected chi connectivity index (χ1v) is 6.93. The number of nitrogens with zero attached hydrogens (tertiary/aromatic N) is 1. The molecule has 2 rings (SSSR count). The van der Waals surface area contributed by atoms with Crippen LogP contribution >= 0.6 is 0 Å². The maximum Gasteiger partial charge on any atom is 0.221 e. The standard InChI is InChI=1S/C14H23N3O/c1-2-9-17-10-3-4-13(17)11-15-8-7-14(18)16-12-5-6-12/h3-4,10,12,15H,2,5-9,11H2,1H3,(H,16,18). The predicted octanol–water partition coefficient (Wildman–Crippen LogP) is 1.66. The molecule has 1 aromatic heterocycles. The van der Waals surface area contributed by atoms with Crippen molar-refractivity contribution in [2.45, 2.75) is 51.7 Å². The van der Waals surface area contributed by atoms with Gasteiger partial charge in [-0.2, -0.15) is 0 Å². The smallest absolute Gasteiger partial charge is 0.221 e. The number of rotatable bonds is 8. The highest BCUT2D eigenvalue weighted by molar-refractivity contribution is 5.76. The lowest BCUT2D eigenvalue weighted by Crippen LogP contribution is -2.29. The van der Waals surface area contributed by atoms with Gasteiger partial charge in [-0.15, -0.1) is 0 Å². The van der Waals surface area contributed by atoms with Gasteiger partial charge in [-0.1, -0.05) is 6.92 Å². The van der Waals surface area contributed by atoms with E-state index in [2.05, 4.69) is 40.5 Å². The number of nitrogens with one attached hydrogen (secondary N) is 2. The summed E-state index contributed by atoms with van der Waals surface area (Å²) in [4.78, 5) is 11.5. The minimum absolute atomic E-state index is 0.175. The van der Waals surface area contributed by atoms with Crippen LogP contribution in [-0.4, -0.2) is 23.1 Å². The molecule has 0 atom stereocenters. The van der Waals surface area contributed by atoms with Gasteiger partial charge in [-0.05, 0) is 31.4 Å². The van der Waals surface area contributed by atoms with E-state index in [1.807, 2.05) is 0 Å². The number of carbonyl (C=O) groups excluding carboxylic acids is 1. The number of amides is 1. The van der Waals surface area contributed by atoms with Crippen molar-refractivity contribution >= 4 is 5.91 Å². The van der Waals surface area contributed by atoms with E-state index in [1.165, 1.54) is 5.69 Å². The average Bonchev–Trinajstić information content (AvgIpc) is 3.05. The van der Waals surface area contributed by atoms with Crippen LogP contribution in [0.1, 0.15) is 38.3 Å². The molecule has 0 saturated heterocycles. The third-order valence-electron chi connectivity index (χ3n) is 3.17. The van der Waals surface area contributed by atoms with Crippen molar-refractivity contribution in [1.82, 2.24) is 15.2 Å². The summed E-state index contributed by atoms with van der Waals surface area (Å²) in [5.41, 5.74) is 1.29. The fraction of sp³-hybridized carbons (Fsp3) is 0.643. The molecule has 0 spiro atoms. The minimum Gasteiger partial charge on any atom is -0.353 e. The van der Waals surface area contributed by atoms with Gasteiger partial charge in [0, 0.05) is 44.0 Å². The molecule has 4 heteroatoms. The van der Waals surface area contributed by atoms with E-state index in [0.29, 0.717) is 12.5 Å². The predicted molar refractivity (Wildman–Crippen MR) is 72.2 cm³/mol. The van der Waals surface area contributed by atoms with Crippen LogP contribution in [0.15, 0.2) is 18.3 Å². The van der Waals surface area contributed by atoms with Crippen molar-refractivity contribution in [3.63, 3.8) is 0 Å². The van der Waals surface area contributed by atoms with Crippen LogP contribution in [0.4, 0.5) is 0 Å². The van der Waals surface area contributed by atoms with E-state index in [-0.39, 0.29) is 5.91 Å². The molecule has 4 nitrogen and oxygen atoms in total. The number of hydrogen-bond donors (Lipinski definition) is 2. The lowest BCUT2D eigenvalue weighted by atomic mass is 10.3. The summed E-state index contributed by atoms with van der Waals surface area (Å²) in [7, 11) is 0. The number of aryl methyl sites for hydroxylation is 1. The third-order valence-corrected chi connectivity index (χ3v) is 3.17. The Morgan fingerprint density at radius 3 is 3.06 bits per heavy atom. The van der Waals surface area contributed by atoms with Gasteiger partial charge < -0.3 is 15.2 Å². The first-order chi connectivity index (χ1) is 8.79. The van der Waals surface area contributed by atoms with Crippen LogP contribution < -0.4 is 10.6 Å². The van der Waals surface area contributed by atoms with Gasteiger partial charge in [0.05, 0.1) is 0 Å². The van der Waals surface area contributed by atoms with E-state index in [0.717, 1.165) is 38.9 Å². The number of carbonyl (C=O) groups is 1. The SMILES string of the molecule is CCCn1cccc1CNCCC(=O)NC1CC1. The zero-order chi connectivity index (χ0) is 12.8. The van der Waals surface area contributed by atoms with Gasteiger partial charge in [0.2, 0.25) is 5.91 Å². The fourth-order valence-electron chi connectivity index (χ4n) is 2.01. The Bertz CT molecular complexity index is 382. The Hall–Kier alpha value is -1.29. The van der Waals surface area contributed by atoms with E-state index in [9.17, 15) is 4.79 Å². The Morgan fingerprint density at radius 1 is 1.50 bits per heavy atom. The molecule has 0 aliphatic heterocycles. The molecule has 1 aliphatic rings. The van der Waals surface area contributed by atoms with Gasteiger partial charge in [0.15, 0.2) is 0 Å². The highest BCUT2D eigenvalue weighted by atomic mass is 16.1. The highest BCUT2D eigenvalue weighted by Crippen LogP contribution is 2.18. The van der Waals surface area contributed by atoms with E-state index < -0.39 is 0 Å². The summed E-state index contributed by atoms with van der Waals surface area (Å²) in [6.45, 7) is 4.82. The van der Waals surface area contributed by atoms with E-state index >= 15 is 0 Å². The Labute approximate surface area is 109 Å². The van der Waals surface area contributed by atoms with Gasteiger partial charge >= 0.3 is 0 Å². The molecule has 100 valence electrons. The normalized spacial score (nSPS) is 14.7. The summed E-state index contributed by atoms with van der Waals surface area (Å²) in [5, 5.41) is 6.32. The second-order valence-corrected chi connectivity index (χ2v) is 4.96. The topological polar surface area (TPSA) is 46.1 Å². The van der Waals surface area contributed by atoms with Gasteiger partial charge in [0.25, 0.3) is 0 Å². The molecule has 1 aromatic rings. The Balaban J connectivity index is 1.61. The molecule has 1 amide bonds. The fourth-order valence-corrected chi connectivity index (χ4v) is 2.01. The lowest BCUT2D eigenvalue weighted by Gasteiger charge is -2.09. The molecular formula is C14H23N3O. The quantitative estimate of drug-likeness (QED) is 0.688. The van der Waals surface area contributed by atoms with Crippen molar-refractivity contribution in [3.8, 4) is 0 Å². The van der Waals surface area contributed by atoms with Crippen molar-refractivity contribution in [2.75, 3.05) is 6.54 Å². The average molecular weight is 249 g/mol. The maximum atomic E-state index is 11.5. The molecule has 1 fully saturated rings. The largest absolute Gasteiger partial charge is 0.353 e. The minimum atomic E-state index is 0.175. The van der Waals surface area contributed by atoms with E-state index in [4.69, 9.17) is 0 Å². The molecule has 1 saturated carbocycles. The van der Waals surface area contributed by atoms with Gasteiger partial charge in [-0.3, -0.25) is 4.79 Å². The number of aromatic nitrogens is 1. The van der Waals surface area contributed by atoms with Crippen molar-refractivity contribution in [1.29, 1.82) is 0 Å². The van der Waals surface area contributed by atoms with Crippen molar-refractivity contribution < 1.29 is 4.79 Å². The van der Waals surface area contributed by atoms with Crippen molar-refractivity contribution in [2.24, 2.45) is 0 Å². The van der Waals surface area contributed by atoms with Crippen LogP contribution in [0.5, 0.6) is 0 Å². The van der Waals surface area contributed by atoms with Crippen LogP contribution in [0.2, 0.25) is 0 Å². The van der Waals surface area contributed by atoms with Crippen LogP contribution in [0.3, 0.4) is 0 Å². The lowest BCUT2D eigenvalue weighted by molar-refractivity contribution is -0.121. The highest BCUT2D eigenvalue weighted by Gasteiger charge is 2.22. The molecule has 1 heterocycles.